The molecule has 9 heteroatoms. The number of anilines is 1. The fourth-order valence-corrected chi connectivity index (χ4v) is 3.16. The Hall–Kier alpha value is -2.26. The molecule has 0 atom stereocenters. The van der Waals surface area contributed by atoms with Crippen molar-refractivity contribution in [2.75, 3.05) is 25.5 Å². The van der Waals surface area contributed by atoms with Gasteiger partial charge in [-0.2, -0.15) is 0 Å². The molecule has 2 aromatic heterocycles. The molecule has 0 fully saturated rings. The Kier molecular flexibility index (Phi) is 6.44. The zero-order chi connectivity index (χ0) is 17.5. The number of halogens is 1. The predicted octanol–water partition coefficient (Wildman–Crippen LogP) is 1.73. The highest BCUT2D eigenvalue weighted by Crippen LogP contribution is 2.22. The second-order valence-corrected chi connectivity index (χ2v) is 7.29. The van der Waals surface area contributed by atoms with Crippen LogP contribution in [0, 0.1) is 0 Å². The van der Waals surface area contributed by atoms with Gasteiger partial charge in [-0.05, 0) is 40.2 Å². The van der Waals surface area contributed by atoms with Crippen LogP contribution in [-0.2, 0) is 9.59 Å². The molecule has 0 saturated carbocycles. The van der Waals surface area contributed by atoms with Crippen LogP contribution in [0.5, 0.6) is 0 Å². The normalized spacial score (nSPS) is 10.1. The van der Waals surface area contributed by atoms with Crippen LogP contribution < -0.4 is 10.6 Å². The van der Waals surface area contributed by atoms with Gasteiger partial charge in [0.2, 0.25) is 11.8 Å². The second-order valence-electron chi connectivity index (χ2n) is 4.83. The number of pyridine rings is 1. The Bertz CT molecular complexity index is 735. The molecule has 0 aliphatic carbocycles. The van der Waals surface area contributed by atoms with Crippen molar-refractivity contribution < 1.29 is 14.4 Å². The third kappa shape index (κ3) is 5.43. The molecule has 0 bridgehead atoms. The molecule has 0 aliphatic rings. The van der Waals surface area contributed by atoms with E-state index in [0.717, 1.165) is 3.79 Å². The summed E-state index contributed by atoms with van der Waals surface area (Å²) in [6.07, 6.45) is 3.10. The van der Waals surface area contributed by atoms with Crippen LogP contribution in [0.4, 0.5) is 5.69 Å². The summed E-state index contributed by atoms with van der Waals surface area (Å²) < 4.78 is 0.843. The van der Waals surface area contributed by atoms with E-state index in [4.69, 9.17) is 0 Å². The van der Waals surface area contributed by atoms with E-state index in [1.54, 1.807) is 30.5 Å². The Morgan fingerprint density at radius 2 is 2.04 bits per heavy atom. The van der Waals surface area contributed by atoms with Gasteiger partial charge in [0.25, 0.3) is 5.91 Å². The van der Waals surface area contributed by atoms with Crippen LogP contribution in [0.3, 0.4) is 0 Å². The number of nitrogens with one attached hydrogen (secondary N) is 2. The molecule has 3 amide bonds. The Morgan fingerprint density at radius 3 is 2.67 bits per heavy atom. The largest absolute Gasteiger partial charge is 0.345 e. The van der Waals surface area contributed by atoms with Gasteiger partial charge in [-0.25, -0.2) is 0 Å². The zero-order valence-corrected chi connectivity index (χ0v) is 15.2. The fraction of sp³-hybridized carbons (Fsp3) is 0.200. The Labute approximate surface area is 151 Å². The van der Waals surface area contributed by atoms with Gasteiger partial charge in [0.05, 0.1) is 33.6 Å². The average Bonchev–Trinajstić information content (AvgIpc) is 2.99. The van der Waals surface area contributed by atoms with Crippen molar-refractivity contribution in [3.8, 4) is 0 Å². The summed E-state index contributed by atoms with van der Waals surface area (Å²) in [5, 5.41) is 5.08. The lowest BCUT2D eigenvalue weighted by Crippen LogP contribution is -2.41. The number of hydrogen-bond donors (Lipinski definition) is 2. The van der Waals surface area contributed by atoms with Crippen molar-refractivity contribution in [3.63, 3.8) is 0 Å². The minimum absolute atomic E-state index is 0.130. The van der Waals surface area contributed by atoms with Crippen LogP contribution in [0.25, 0.3) is 0 Å². The molecule has 24 heavy (non-hydrogen) atoms. The Morgan fingerprint density at radius 1 is 1.25 bits per heavy atom. The number of carbonyl (C=O) groups excluding carboxylic acids is 3. The lowest BCUT2D eigenvalue weighted by molar-refractivity contribution is -0.124. The number of likely N-dealkylation sites (N-methyl/N-ethyl adjacent to an activating group) is 1. The standard InChI is InChI=1S/C15H15BrN4O3S/c1-20(15(23)11-4-5-12(16)24-11)9-14(22)18-8-13(21)19-10-3-2-6-17-7-10/h2-7H,8-9H2,1H3,(H,18,22)(H,19,21). The molecule has 126 valence electrons. The van der Waals surface area contributed by atoms with E-state index < -0.39 is 5.91 Å². The molecule has 0 spiro atoms. The molecule has 2 heterocycles. The van der Waals surface area contributed by atoms with Crippen LogP contribution >= 0.6 is 27.3 Å². The topological polar surface area (TPSA) is 91.4 Å². The third-order valence-corrected chi connectivity index (χ3v) is 4.51. The third-order valence-electron chi connectivity index (χ3n) is 2.90. The van der Waals surface area contributed by atoms with Crippen molar-refractivity contribution in [3.05, 3.63) is 45.3 Å². The highest BCUT2D eigenvalue weighted by atomic mass is 79.9. The van der Waals surface area contributed by atoms with Gasteiger partial charge in [0.15, 0.2) is 0 Å². The lowest BCUT2D eigenvalue weighted by atomic mass is 10.4. The summed E-state index contributed by atoms with van der Waals surface area (Å²) in [5.74, 6) is -1.03. The smallest absolute Gasteiger partial charge is 0.264 e. The van der Waals surface area contributed by atoms with E-state index in [1.165, 1.54) is 29.5 Å². The van der Waals surface area contributed by atoms with Gasteiger partial charge >= 0.3 is 0 Å². The maximum Gasteiger partial charge on any atom is 0.264 e. The van der Waals surface area contributed by atoms with Gasteiger partial charge in [0, 0.05) is 13.2 Å². The second kappa shape index (κ2) is 8.55. The van der Waals surface area contributed by atoms with Gasteiger partial charge in [-0.15, -0.1) is 11.3 Å². The highest BCUT2D eigenvalue weighted by Gasteiger charge is 2.17. The zero-order valence-electron chi connectivity index (χ0n) is 12.8. The fourth-order valence-electron chi connectivity index (χ4n) is 1.78. The summed E-state index contributed by atoms with van der Waals surface area (Å²) in [6, 6.07) is 6.84. The average molecular weight is 411 g/mol. The number of amides is 3. The molecule has 0 aliphatic heterocycles. The van der Waals surface area contributed by atoms with E-state index in [0.29, 0.717) is 10.6 Å². The number of thiophene rings is 1. The quantitative estimate of drug-likeness (QED) is 0.758. The van der Waals surface area contributed by atoms with Gasteiger partial charge in [-0.1, -0.05) is 0 Å². The molecule has 0 radical (unpaired) electrons. The first-order valence-corrected chi connectivity index (χ1v) is 8.54. The molecular formula is C15H15BrN4O3S. The maximum absolute atomic E-state index is 12.1. The molecule has 7 nitrogen and oxygen atoms in total. The van der Waals surface area contributed by atoms with Crippen LogP contribution in [-0.4, -0.2) is 47.7 Å². The number of rotatable bonds is 6. The van der Waals surface area contributed by atoms with Crippen LogP contribution in [0.2, 0.25) is 0 Å². The van der Waals surface area contributed by atoms with Gasteiger partial charge in [-0.3, -0.25) is 19.4 Å². The highest BCUT2D eigenvalue weighted by molar-refractivity contribution is 9.11. The summed E-state index contributed by atoms with van der Waals surface area (Å²) in [7, 11) is 1.53. The molecule has 2 aromatic rings. The molecule has 0 unspecified atom stereocenters. The van der Waals surface area contributed by atoms with Crippen LogP contribution in [0.15, 0.2) is 40.4 Å². The molecule has 0 saturated heterocycles. The van der Waals surface area contributed by atoms with Crippen LogP contribution in [0.1, 0.15) is 9.67 Å². The van der Waals surface area contributed by atoms with Crippen molar-refractivity contribution >= 4 is 50.7 Å². The van der Waals surface area contributed by atoms with E-state index in [1.807, 2.05) is 0 Å². The van der Waals surface area contributed by atoms with E-state index in [-0.39, 0.29) is 24.9 Å². The molecule has 2 rings (SSSR count). The van der Waals surface area contributed by atoms with Crippen molar-refractivity contribution in [2.24, 2.45) is 0 Å². The molecule has 2 N–H and O–H groups in total. The minimum atomic E-state index is -0.414. The first-order chi connectivity index (χ1) is 11.5. The minimum Gasteiger partial charge on any atom is -0.345 e. The number of nitrogens with zero attached hydrogens (tertiary/aromatic N) is 2. The predicted molar refractivity (Wildman–Crippen MR) is 94.9 cm³/mol. The first-order valence-electron chi connectivity index (χ1n) is 6.93. The summed E-state index contributed by atoms with van der Waals surface area (Å²) in [4.78, 5) is 41.4. The summed E-state index contributed by atoms with van der Waals surface area (Å²) in [6.45, 7) is -0.311. The Balaban J connectivity index is 1.76. The lowest BCUT2D eigenvalue weighted by Gasteiger charge is -2.15. The van der Waals surface area contributed by atoms with Crippen molar-refractivity contribution in [2.45, 2.75) is 0 Å². The van der Waals surface area contributed by atoms with E-state index in [2.05, 4.69) is 31.5 Å². The summed E-state index contributed by atoms with van der Waals surface area (Å²) in [5.41, 5.74) is 0.548. The number of carbonyl (C=O) groups is 3. The maximum atomic E-state index is 12.1. The molecular weight excluding hydrogens is 396 g/mol. The molecule has 0 aromatic carbocycles. The van der Waals surface area contributed by atoms with Gasteiger partial charge in [0.1, 0.15) is 0 Å². The van der Waals surface area contributed by atoms with Crippen molar-refractivity contribution in [1.82, 2.24) is 15.2 Å². The first kappa shape index (κ1) is 18.1. The monoisotopic (exact) mass is 410 g/mol. The van der Waals surface area contributed by atoms with Crippen molar-refractivity contribution in [1.29, 1.82) is 0 Å². The number of aromatic nitrogens is 1. The SMILES string of the molecule is CN(CC(=O)NCC(=O)Nc1cccnc1)C(=O)c1ccc(Br)s1. The van der Waals surface area contributed by atoms with E-state index >= 15 is 0 Å². The number of hydrogen-bond acceptors (Lipinski definition) is 5. The summed E-state index contributed by atoms with van der Waals surface area (Å²) >= 11 is 4.58. The van der Waals surface area contributed by atoms with E-state index in [9.17, 15) is 14.4 Å². The van der Waals surface area contributed by atoms with Gasteiger partial charge < -0.3 is 15.5 Å².